The van der Waals surface area contributed by atoms with Crippen LogP contribution in [0.2, 0.25) is 0 Å². The van der Waals surface area contributed by atoms with Crippen LogP contribution in [-0.4, -0.2) is 40.1 Å². The van der Waals surface area contributed by atoms with Gasteiger partial charge in [-0.2, -0.15) is 0 Å². The Balaban J connectivity index is 2.07. The molecule has 0 unspecified atom stereocenters. The van der Waals surface area contributed by atoms with E-state index >= 15 is 0 Å². The van der Waals surface area contributed by atoms with Crippen molar-refractivity contribution in [2.75, 3.05) is 18.4 Å². The van der Waals surface area contributed by atoms with Crippen LogP contribution in [-0.2, 0) is 0 Å². The summed E-state index contributed by atoms with van der Waals surface area (Å²) in [6.07, 6.45) is 5.73. The molecule has 118 valence electrons. The van der Waals surface area contributed by atoms with Gasteiger partial charge in [0.1, 0.15) is 0 Å². The fourth-order valence-corrected chi connectivity index (χ4v) is 3.47. The van der Waals surface area contributed by atoms with E-state index < -0.39 is 0 Å². The van der Waals surface area contributed by atoms with Gasteiger partial charge in [0.25, 0.3) is 5.91 Å². The highest BCUT2D eigenvalue weighted by Crippen LogP contribution is 2.27. The van der Waals surface area contributed by atoms with Crippen LogP contribution in [0.1, 0.15) is 62.7 Å². The molecule has 2 rings (SSSR count). The molecule has 21 heavy (non-hydrogen) atoms. The largest absolute Gasteiger partial charge is 0.360 e. The van der Waals surface area contributed by atoms with Gasteiger partial charge in [-0.15, -0.1) is 10.2 Å². The van der Waals surface area contributed by atoms with Gasteiger partial charge in [-0.05, 0) is 25.2 Å². The molecular formula is C15H26N4OS. The van der Waals surface area contributed by atoms with Crippen molar-refractivity contribution in [3.63, 3.8) is 0 Å². The van der Waals surface area contributed by atoms with Crippen molar-refractivity contribution in [3.05, 3.63) is 5.01 Å². The molecule has 1 aromatic rings. The lowest BCUT2D eigenvalue weighted by Crippen LogP contribution is -2.41. The monoisotopic (exact) mass is 310 g/mol. The van der Waals surface area contributed by atoms with Gasteiger partial charge in [0.2, 0.25) is 10.1 Å². The smallest absolute Gasteiger partial charge is 0.285 e. The molecule has 0 saturated heterocycles. The lowest BCUT2D eigenvalue weighted by molar-refractivity contribution is 0.0654. The summed E-state index contributed by atoms with van der Waals surface area (Å²) in [6.45, 7) is 8.08. The predicted molar refractivity (Wildman–Crippen MR) is 86.8 cm³/mol. The third kappa shape index (κ3) is 4.40. The minimum absolute atomic E-state index is 0.0534. The van der Waals surface area contributed by atoms with E-state index in [0.29, 0.717) is 17.0 Å². The Labute approximate surface area is 131 Å². The lowest BCUT2D eigenvalue weighted by atomic mass is 10.1. The number of anilines is 1. The van der Waals surface area contributed by atoms with E-state index in [0.717, 1.165) is 37.5 Å². The van der Waals surface area contributed by atoms with Crippen molar-refractivity contribution in [2.24, 2.45) is 5.92 Å². The molecule has 1 N–H and O–H groups in total. The quantitative estimate of drug-likeness (QED) is 0.838. The Hall–Kier alpha value is -1.17. The maximum Gasteiger partial charge on any atom is 0.285 e. The van der Waals surface area contributed by atoms with Gasteiger partial charge < -0.3 is 10.2 Å². The second-order valence-corrected chi connectivity index (χ2v) is 7.11. The fourth-order valence-electron chi connectivity index (χ4n) is 2.74. The molecule has 0 bridgehead atoms. The first-order chi connectivity index (χ1) is 10.1. The van der Waals surface area contributed by atoms with Gasteiger partial charge in [0, 0.05) is 19.1 Å². The van der Waals surface area contributed by atoms with Crippen molar-refractivity contribution in [3.8, 4) is 0 Å². The summed E-state index contributed by atoms with van der Waals surface area (Å²) in [5.41, 5.74) is 0. The molecule has 1 aliphatic rings. The van der Waals surface area contributed by atoms with Crippen molar-refractivity contribution in [1.29, 1.82) is 0 Å². The van der Waals surface area contributed by atoms with Gasteiger partial charge >= 0.3 is 0 Å². The average Bonchev–Trinajstić information content (AvgIpc) is 3.12. The van der Waals surface area contributed by atoms with Gasteiger partial charge in [0.15, 0.2) is 0 Å². The van der Waals surface area contributed by atoms with Gasteiger partial charge in [-0.1, -0.05) is 44.9 Å². The average molecular weight is 310 g/mol. The molecule has 0 radical (unpaired) electrons. The van der Waals surface area contributed by atoms with Crippen LogP contribution >= 0.6 is 11.3 Å². The fraction of sp³-hybridized carbons (Fsp3) is 0.800. The van der Waals surface area contributed by atoms with Crippen LogP contribution in [0.4, 0.5) is 5.13 Å². The van der Waals surface area contributed by atoms with Crippen LogP contribution in [0.15, 0.2) is 0 Å². The topological polar surface area (TPSA) is 58.1 Å². The van der Waals surface area contributed by atoms with Gasteiger partial charge in [-0.25, -0.2) is 0 Å². The molecule has 1 aromatic heterocycles. The zero-order valence-electron chi connectivity index (χ0n) is 13.3. The molecule has 1 heterocycles. The Kier molecular flexibility index (Phi) is 5.96. The summed E-state index contributed by atoms with van der Waals surface area (Å²) in [6, 6.07) is 0.385. The number of hydrogen-bond donors (Lipinski definition) is 1. The van der Waals surface area contributed by atoms with Crippen molar-refractivity contribution in [2.45, 2.75) is 58.9 Å². The first-order valence-corrected chi connectivity index (χ1v) is 8.81. The number of nitrogens with zero attached hydrogens (tertiary/aromatic N) is 3. The summed E-state index contributed by atoms with van der Waals surface area (Å²) in [5.74, 6) is 0.526. The van der Waals surface area contributed by atoms with Crippen LogP contribution in [0.5, 0.6) is 0 Å². The third-order valence-corrected chi connectivity index (χ3v) is 4.59. The zero-order valence-corrected chi connectivity index (χ0v) is 14.1. The van der Waals surface area contributed by atoms with Crippen LogP contribution in [0.25, 0.3) is 0 Å². The summed E-state index contributed by atoms with van der Waals surface area (Å²) < 4.78 is 0. The molecule has 1 aliphatic carbocycles. The number of carbonyl (C=O) groups is 1. The molecule has 0 aromatic carbocycles. The Morgan fingerprint density at radius 3 is 2.71 bits per heavy atom. The molecule has 0 atom stereocenters. The van der Waals surface area contributed by atoms with E-state index in [1.807, 2.05) is 4.90 Å². The summed E-state index contributed by atoms with van der Waals surface area (Å²) in [5, 5.41) is 12.6. The molecule has 1 fully saturated rings. The highest BCUT2D eigenvalue weighted by molar-refractivity contribution is 7.17. The van der Waals surface area contributed by atoms with Crippen molar-refractivity contribution < 1.29 is 4.79 Å². The number of aromatic nitrogens is 2. The van der Waals surface area contributed by atoms with Crippen LogP contribution in [0.3, 0.4) is 0 Å². The van der Waals surface area contributed by atoms with Crippen molar-refractivity contribution >= 4 is 22.4 Å². The van der Waals surface area contributed by atoms with Gasteiger partial charge in [0.05, 0.1) is 0 Å². The maximum absolute atomic E-state index is 12.8. The molecule has 5 nitrogen and oxygen atoms in total. The summed E-state index contributed by atoms with van der Waals surface area (Å²) in [4.78, 5) is 14.8. The summed E-state index contributed by atoms with van der Waals surface area (Å²) in [7, 11) is 0. The normalized spacial score (nSPS) is 15.6. The predicted octanol–water partition coefficient (Wildman–Crippen LogP) is 3.40. The van der Waals surface area contributed by atoms with E-state index in [9.17, 15) is 4.79 Å². The standard InChI is InChI=1S/C15H26N4OS/c1-4-9-16-15-18-17-13(21-15)14(20)19(10-11(2)3)12-7-5-6-8-12/h11-12H,4-10H2,1-3H3,(H,16,18). The maximum atomic E-state index is 12.8. The summed E-state index contributed by atoms with van der Waals surface area (Å²) >= 11 is 1.37. The molecule has 1 saturated carbocycles. The van der Waals surface area contributed by atoms with Gasteiger partial charge in [-0.3, -0.25) is 4.79 Å². The number of hydrogen-bond acceptors (Lipinski definition) is 5. The zero-order chi connectivity index (χ0) is 15.2. The molecule has 6 heteroatoms. The van der Waals surface area contributed by atoms with Crippen LogP contribution < -0.4 is 5.32 Å². The Bertz CT molecular complexity index is 454. The number of amides is 1. The minimum atomic E-state index is 0.0534. The number of rotatable bonds is 7. The second-order valence-electron chi connectivity index (χ2n) is 6.13. The van der Waals surface area contributed by atoms with E-state index in [2.05, 4.69) is 36.3 Å². The van der Waals surface area contributed by atoms with Crippen LogP contribution in [0, 0.1) is 5.92 Å². The van der Waals surface area contributed by atoms with E-state index in [4.69, 9.17) is 0 Å². The molecule has 1 amide bonds. The van der Waals surface area contributed by atoms with E-state index in [1.165, 1.54) is 24.2 Å². The third-order valence-electron chi connectivity index (χ3n) is 3.72. The first-order valence-electron chi connectivity index (χ1n) is 8.00. The highest BCUT2D eigenvalue weighted by Gasteiger charge is 2.29. The van der Waals surface area contributed by atoms with E-state index in [1.54, 1.807) is 0 Å². The van der Waals surface area contributed by atoms with E-state index in [-0.39, 0.29) is 5.91 Å². The number of nitrogens with one attached hydrogen (secondary N) is 1. The Morgan fingerprint density at radius 1 is 1.38 bits per heavy atom. The van der Waals surface area contributed by atoms with Crippen molar-refractivity contribution in [1.82, 2.24) is 15.1 Å². The second kappa shape index (κ2) is 7.73. The highest BCUT2D eigenvalue weighted by atomic mass is 32.1. The Morgan fingerprint density at radius 2 is 2.10 bits per heavy atom. The lowest BCUT2D eigenvalue weighted by Gasteiger charge is -2.29. The molecular weight excluding hydrogens is 284 g/mol. The number of carbonyl (C=O) groups excluding carboxylic acids is 1. The first kappa shape index (κ1) is 16.2. The molecule has 0 spiro atoms. The SMILES string of the molecule is CCCNc1nnc(C(=O)N(CC(C)C)C2CCCC2)s1. The molecule has 0 aliphatic heterocycles. The minimum Gasteiger partial charge on any atom is -0.360 e.